The van der Waals surface area contributed by atoms with Crippen LogP contribution in [0.5, 0.6) is 0 Å². The highest BCUT2D eigenvalue weighted by Crippen LogP contribution is 2.40. The largest absolute Gasteiger partial charge is 0.323 e. The molecule has 1 heterocycles. The lowest BCUT2D eigenvalue weighted by molar-refractivity contribution is 0.143. The van der Waals surface area contributed by atoms with Gasteiger partial charge in [0.1, 0.15) is 6.17 Å². The first-order valence-corrected chi connectivity index (χ1v) is 11.9. The Morgan fingerprint density at radius 1 is 1.11 bits per heavy atom. The van der Waals surface area contributed by atoms with Crippen molar-refractivity contribution >= 4 is 16.1 Å². The van der Waals surface area contributed by atoms with Gasteiger partial charge in [-0.2, -0.15) is 0 Å². The highest BCUT2D eigenvalue weighted by atomic mass is 32.2. The van der Waals surface area contributed by atoms with E-state index in [-0.39, 0.29) is 23.7 Å². The minimum atomic E-state index is -3.36. The summed E-state index contributed by atoms with van der Waals surface area (Å²) in [5.74, 6) is 0.367. The van der Waals surface area contributed by atoms with Crippen molar-refractivity contribution in [1.82, 2.24) is 14.5 Å². The first-order chi connectivity index (χ1) is 12.7. The molecule has 27 heavy (non-hydrogen) atoms. The summed E-state index contributed by atoms with van der Waals surface area (Å²) >= 11 is 0. The second-order valence-corrected chi connectivity index (χ2v) is 11.4. The number of urea groups is 1. The molecule has 0 spiro atoms. The van der Waals surface area contributed by atoms with Crippen LogP contribution in [0.15, 0.2) is 0 Å². The van der Waals surface area contributed by atoms with Gasteiger partial charge in [0.05, 0.1) is 17.3 Å². The van der Waals surface area contributed by atoms with E-state index in [1.165, 1.54) is 0 Å². The predicted molar refractivity (Wildman–Crippen MR) is 102 cm³/mol. The van der Waals surface area contributed by atoms with Crippen molar-refractivity contribution in [3.05, 3.63) is 0 Å². The third-order valence-corrected chi connectivity index (χ3v) is 9.32. The standard InChI is InChI=1S/C19H32FN3O3S/c1-19(9-10-19)21-27(25,26)15-7-8-16-17(11-15)22(2)18(24)23(16)12-13-3-5-14(20)6-4-13/h13-17,21H,3-12H2,1-2H3. The van der Waals surface area contributed by atoms with Crippen molar-refractivity contribution < 1.29 is 17.6 Å². The van der Waals surface area contributed by atoms with Crippen LogP contribution in [0.25, 0.3) is 0 Å². The molecule has 0 aromatic heterocycles. The van der Waals surface area contributed by atoms with E-state index in [2.05, 4.69) is 4.72 Å². The van der Waals surface area contributed by atoms with Crippen LogP contribution in [0, 0.1) is 5.92 Å². The minimum absolute atomic E-state index is 0.00698. The summed E-state index contributed by atoms with van der Waals surface area (Å²) in [5.41, 5.74) is -0.256. The van der Waals surface area contributed by atoms with Crippen LogP contribution in [0.2, 0.25) is 0 Å². The van der Waals surface area contributed by atoms with Gasteiger partial charge >= 0.3 is 6.03 Å². The summed E-state index contributed by atoms with van der Waals surface area (Å²) in [5, 5.41) is -0.423. The molecule has 4 rings (SSSR count). The van der Waals surface area contributed by atoms with Crippen LogP contribution in [-0.4, -0.2) is 66.9 Å². The Morgan fingerprint density at radius 2 is 1.78 bits per heavy atom. The van der Waals surface area contributed by atoms with E-state index in [0.717, 1.165) is 32.1 Å². The Labute approximate surface area is 161 Å². The van der Waals surface area contributed by atoms with Crippen LogP contribution in [-0.2, 0) is 10.0 Å². The highest BCUT2D eigenvalue weighted by Gasteiger charge is 2.51. The van der Waals surface area contributed by atoms with Gasteiger partial charge in [-0.25, -0.2) is 22.3 Å². The lowest BCUT2D eigenvalue weighted by Crippen LogP contribution is -2.50. The van der Waals surface area contributed by atoms with Crippen LogP contribution >= 0.6 is 0 Å². The zero-order valence-electron chi connectivity index (χ0n) is 16.4. The topological polar surface area (TPSA) is 69.7 Å². The number of alkyl halides is 1. The lowest BCUT2D eigenvalue weighted by Gasteiger charge is -2.37. The van der Waals surface area contributed by atoms with Crippen molar-refractivity contribution in [3.8, 4) is 0 Å². The van der Waals surface area contributed by atoms with Crippen LogP contribution in [0.4, 0.5) is 9.18 Å². The molecule has 3 atom stereocenters. The number of hydrogen-bond donors (Lipinski definition) is 1. The molecule has 6 nitrogen and oxygen atoms in total. The first kappa shape index (κ1) is 19.4. The fraction of sp³-hybridized carbons (Fsp3) is 0.947. The Morgan fingerprint density at radius 3 is 2.41 bits per heavy atom. The fourth-order valence-electron chi connectivity index (χ4n) is 5.15. The number of amides is 2. The normalized spacial score (nSPS) is 38.8. The molecule has 4 aliphatic rings. The molecule has 0 radical (unpaired) electrons. The molecule has 1 N–H and O–H groups in total. The van der Waals surface area contributed by atoms with E-state index >= 15 is 0 Å². The zero-order valence-corrected chi connectivity index (χ0v) is 17.2. The van der Waals surface area contributed by atoms with Gasteiger partial charge < -0.3 is 9.80 Å². The van der Waals surface area contributed by atoms with Gasteiger partial charge in [0, 0.05) is 19.1 Å². The van der Waals surface area contributed by atoms with Crippen LogP contribution in [0.3, 0.4) is 0 Å². The number of hydrogen-bond acceptors (Lipinski definition) is 3. The molecule has 3 aliphatic carbocycles. The monoisotopic (exact) mass is 401 g/mol. The molecule has 0 aromatic rings. The molecule has 2 amide bonds. The third-order valence-electron chi connectivity index (χ3n) is 7.24. The maximum Gasteiger partial charge on any atom is 0.320 e. The number of halogens is 1. The first-order valence-electron chi connectivity index (χ1n) is 10.4. The van der Waals surface area contributed by atoms with E-state index in [9.17, 15) is 17.6 Å². The molecule has 3 saturated carbocycles. The minimum Gasteiger partial charge on any atom is -0.323 e. The zero-order chi connectivity index (χ0) is 19.4. The number of likely N-dealkylation sites (N-methyl/N-ethyl adjacent to an activating group) is 1. The molecule has 8 heteroatoms. The van der Waals surface area contributed by atoms with E-state index in [1.807, 2.05) is 11.8 Å². The van der Waals surface area contributed by atoms with E-state index in [4.69, 9.17) is 0 Å². The van der Waals surface area contributed by atoms with Gasteiger partial charge in [0.25, 0.3) is 0 Å². The van der Waals surface area contributed by atoms with E-state index in [0.29, 0.717) is 38.1 Å². The van der Waals surface area contributed by atoms with Crippen molar-refractivity contribution in [2.75, 3.05) is 13.6 Å². The van der Waals surface area contributed by atoms with Gasteiger partial charge in [-0.3, -0.25) is 0 Å². The van der Waals surface area contributed by atoms with Gasteiger partial charge in [-0.1, -0.05) is 0 Å². The van der Waals surface area contributed by atoms with Crippen molar-refractivity contribution in [3.63, 3.8) is 0 Å². The van der Waals surface area contributed by atoms with Crippen molar-refractivity contribution in [2.24, 2.45) is 5.92 Å². The second kappa shape index (κ2) is 6.87. The van der Waals surface area contributed by atoms with Crippen molar-refractivity contribution in [2.45, 2.75) is 93.8 Å². The van der Waals surface area contributed by atoms with Gasteiger partial charge in [0.2, 0.25) is 10.0 Å². The Bertz CT molecular complexity index is 688. The number of rotatable bonds is 5. The number of fused-ring (bicyclic) bond motifs is 1. The van der Waals surface area contributed by atoms with Crippen LogP contribution in [0.1, 0.15) is 64.7 Å². The maximum absolute atomic E-state index is 13.4. The summed E-state index contributed by atoms with van der Waals surface area (Å²) in [7, 11) is -1.56. The lowest BCUT2D eigenvalue weighted by atomic mass is 9.86. The number of sulfonamides is 1. The van der Waals surface area contributed by atoms with Gasteiger partial charge in [-0.15, -0.1) is 0 Å². The highest BCUT2D eigenvalue weighted by molar-refractivity contribution is 7.90. The quantitative estimate of drug-likeness (QED) is 0.770. The third kappa shape index (κ3) is 3.84. The SMILES string of the molecule is CN1C(=O)N(CC2CCC(F)CC2)C2CCC(S(=O)(=O)NC3(C)CC3)CC21. The molecule has 1 saturated heterocycles. The number of carbonyl (C=O) groups is 1. The molecule has 154 valence electrons. The van der Waals surface area contributed by atoms with E-state index < -0.39 is 21.4 Å². The molecule has 4 fully saturated rings. The molecule has 3 unspecified atom stereocenters. The Hall–Kier alpha value is -0.890. The molecule has 1 aliphatic heterocycles. The second-order valence-electron chi connectivity index (χ2n) is 9.44. The number of nitrogens with one attached hydrogen (secondary N) is 1. The Kier molecular flexibility index (Phi) is 4.94. The molecule has 0 bridgehead atoms. The average molecular weight is 402 g/mol. The molecular formula is C19H32FN3O3S. The molecular weight excluding hydrogens is 369 g/mol. The fourth-order valence-corrected chi connectivity index (χ4v) is 7.11. The predicted octanol–water partition coefficient (Wildman–Crippen LogP) is 2.64. The molecule has 0 aromatic carbocycles. The average Bonchev–Trinajstić information content (AvgIpc) is 3.29. The summed E-state index contributed by atoms with van der Waals surface area (Å²) in [6, 6.07) is 0.0541. The van der Waals surface area contributed by atoms with Crippen molar-refractivity contribution in [1.29, 1.82) is 0 Å². The van der Waals surface area contributed by atoms with Gasteiger partial charge in [0.15, 0.2) is 0 Å². The number of carbonyl (C=O) groups excluding carboxylic acids is 1. The summed E-state index contributed by atoms with van der Waals surface area (Å²) in [6.45, 7) is 2.64. The van der Waals surface area contributed by atoms with Gasteiger partial charge in [-0.05, 0) is 70.6 Å². The van der Waals surface area contributed by atoms with E-state index in [1.54, 1.807) is 11.9 Å². The summed E-state index contributed by atoms with van der Waals surface area (Å²) in [4.78, 5) is 16.5. The van der Waals surface area contributed by atoms with Crippen LogP contribution < -0.4 is 4.72 Å². The summed E-state index contributed by atoms with van der Waals surface area (Å²) in [6.07, 6.45) is 5.82. The maximum atomic E-state index is 13.4. The smallest absolute Gasteiger partial charge is 0.320 e. The number of nitrogens with zero attached hydrogens (tertiary/aromatic N) is 2. The summed E-state index contributed by atoms with van der Waals surface area (Å²) < 4.78 is 41.9. The Balaban J connectivity index is 1.41.